The minimum Gasteiger partial charge on any atom is -0.463 e. The number of unbranched alkanes of at least 4 members (excludes halogenated alkanes) is 6. The standard InChI is InChI=1S/C9H16O2.C6H14O2/c1-3-5-6-7-8-11-9(10)4-2;7-5-3-1-2-4-6-8/h4H,2-3,5-8H2,1H3;7-8H,1-6H2. The summed E-state index contributed by atoms with van der Waals surface area (Å²) < 4.78 is 4.78. The van der Waals surface area contributed by atoms with Crippen molar-refractivity contribution in [2.75, 3.05) is 19.8 Å². The molecule has 0 amide bonds. The number of aliphatic hydroxyl groups excluding tert-OH is 2. The van der Waals surface area contributed by atoms with E-state index in [1.54, 1.807) is 0 Å². The van der Waals surface area contributed by atoms with Gasteiger partial charge in [0.25, 0.3) is 0 Å². The normalized spacial score (nSPS) is 9.42. The van der Waals surface area contributed by atoms with E-state index >= 15 is 0 Å². The fourth-order valence-electron chi connectivity index (χ4n) is 1.34. The molecule has 0 rings (SSSR count). The molecule has 0 aliphatic rings. The number of aliphatic hydroxyl groups is 2. The van der Waals surface area contributed by atoms with Gasteiger partial charge in [0, 0.05) is 19.3 Å². The van der Waals surface area contributed by atoms with Gasteiger partial charge in [-0.05, 0) is 19.3 Å². The molecule has 19 heavy (non-hydrogen) atoms. The molecule has 0 aromatic carbocycles. The summed E-state index contributed by atoms with van der Waals surface area (Å²) >= 11 is 0. The molecule has 0 saturated carbocycles. The lowest BCUT2D eigenvalue weighted by atomic mass is 10.2. The Kier molecular flexibility index (Phi) is 21.0. The number of rotatable bonds is 11. The highest BCUT2D eigenvalue weighted by atomic mass is 16.5. The smallest absolute Gasteiger partial charge is 0.330 e. The lowest BCUT2D eigenvalue weighted by molar-refractivity contribution is -0.137. The predicted molar refractivity (Wildman–Crippen MR) is 77.9 cm³/mol. The predicted octanol–water partition coefficient (Wildman–Crippen LogP) is 2.83. The zero-order valence-electron chi connectivity index (χ0n) is 12.3. The molecular formula is C15H30O4. The van der Waals surface area contributed by atoms with E-state index in [2.05, 4.69) is 13.5 Å². The zero-order chi connectivity index (χ0) is 14.8. The summed E-state index contributed by atoms with van der Waals surface area (Å²) in [6.45, 7) is 6.55. The van der Waals surface area contributed by atoms with E-state index in [0.29, 0.717) is 6.61 Å². The van der Waals surface area contributed by atoms with Crippen LogP contribution in [0.15, 0.2) is 12.7 Å². The highest BCUT2D eigenvalue weighted by Crippen LogP contribution is 1.98. The van der Waals surface area contributed by atoms with Crippen molar-refractivity contribution in [1.29, 1.82) is 0 Å². The summed E-state index contributed by atoms with van der Waals surface area (Å²) in [6, 6.07) is 0. The van der Waals surface area contributed by atoms with Crippen molar-refractivity contribution in [3.63, 3.8) is 0 Å². The van der Waals surface area contributed by atoms with Crippen molar-refractivity contribution in [3.05, 3.63) is 12.7 Å². The molecule has 0 unspecified atom stereocenters. The first-order valence-corrected chi connectivity index (χ1v) is 7.23. The van der Waals surface area contributed by atoms with Crippen molar-refractivity contribution in [2.45, 2.75) is 58.3 Å². The molecule has 0 heterocycles. The Labute approximate surface area is 117 Å². The molecule has 0 bridgehead atoms. The van der Waals surface area contributed by atoms with Crippen LogP contribution in [0.5, 0.6) is 0 Å². The Morgan fingerprint density at radius 3 is 1.95 bits per heavy atom. The second kappa shape index (κ2) is 19.5. The molecule has 0 aliphatic carbocycles. The summed E-state index contributed by atoms with van der Waals surface area (Å²) in [7, 11) is 0. The number of esters is 1. The van der Waals surface area contributed by atoms with Gasteiger partial charge in [0.1, 0.15) is 0 Å². The number of ether oxygens (including phenoxy) is 1. The van der Waals surface area contributed by atoms with Crippen LogP contribution in [-0.4, -0.2) is 36.0 Å². The highest BCUT2D eigenvalue weighted by Gasteiger charge is 1.93. The van der Waals surface area contributed by atoms with Crippen LogP contribution in [0.25, 0.3) is 0 Å². The third-order valence-corrected chi connectivity index (χ3v) is 2.48. The topological polar surface area (TPSA) is 66.8 Å². The van der Waals surface area contributed by atoms with Crippen LogP contribution in [-0.2, 0) is 9.53 Å². The van der Waals surface area contributed by atoms with Crippen LogP contribution in [0.4, 0.5) is 0 Å². The van der Waals surface area contributed by atoms with Crippen LogP contribution in [0, 0.1) is 0 Å². The Balaban J connectivity index is 0. The van der Waals surface area contributed by atoms with E-state index in [-0.39, 0.29) is 19.2 Å². The summed E-state index contributed by atoms with van der Waals surface area (Å²) in [6.07, 6.45) is 9.54. The maximum absolute atomic E-state index is 10.5. The third kappa shape index (κ3) is 22.7. The molecule has 0 spiro atoms. The summed E-state index contributed by atoms with van der Waals surface area (Å²) in [5.74, 6) is -0.318. The molecule has 0 aromatic rings. The van der Waals surface area contributed by atoms with Crippen molar-refractivity contribution in [2.24, 2.45) is 0 Å². The van der Waals surface area contributed by atoms with Gasteiger partial charge in [-0.2, -0.15) is 0 Å². The maximum atomic E-state index is 10.5. The molecule has 4 heteroatoms. The second-order valence-corrected chi connectivity index (χ2v) is 4.29. The molecule has 2 N–H and O–H groups in total. The molecule has 0 radical (unpaired) electrons. The molecule has 0 aliphatic heterocycles. The molecule has 4 nitrogen and oxygen atoms in total. The Morgan fingerprint density at radius 2 is 1.53 bits per heavy atom. The Hall–Kier alpha value is -0.870. The highest BCUT2D eigenvalue weighted by molar-refractivity contribution is 5.81. The van der Waals surface area contributed by atoms with Gasteiger partial charge in [-0.1, -0.05) is 45.6 Å². The van der Waals surface area contributed by atoms with E-state index in [1.165, 1.54) is 18.9 Å². The van der Waals surface area contributed by atoms with Crippen LogP contribution in [0.1, 0.15) is 58.3 Å². The van der Waals surface area contributed by atoms with E-state index in [1.807, 2.05) is 0 Å². The van der Waals surface area contributed by atoms with Gasteiger partial charge in [0.15, 0.2) is 0 Å². The molecular weight excluding hydrogens is 244 g/mol. The van der Waals surface area contributed by atoms with Crippen LogP contribution in [0.3, 0.4) is 0 Å². The largest absolute Gasteiger partial charge is 0.463 e. The van der Waals surface area contributed by atoms with E-state index in [0.717, 1.165) is 38.5 Å². The van der Waals surface area contributed by atoms with Gasteiger partial charge in [0.05, 0.1) is 6.61 Å². The van der Waals surface area contributed by atoms with Crippen molar-refractivity contribution in [1.82, 2.24) is 0 Å². The minimum atomic E-state index is -0.318. The Morgan fingerprint density at radius 1 is 1.00 bits per heavy atom. The average molecular weight is 274 g/mol. The van der Waals surface area contributed by atoms with Crippen LogP contribution < -0.4 is 0 Å². The van der Waals surface area contributed by atoms with Gasteiger partial charge in [-0.15, -0.1) is 0 Å². The van der Waals surface area contributed by atoms with Gasteiger partial charge < -0.3 is 14.9 Å². The molecule has 0 fully saturated rings. The lowest BCUT2D eigenvalue weighted by Crippen LogP contribution is -2.01. The quantitative estimate of drug-likeness (QED) is 0.345. The summed E-state index contributed by atoms with van der Waals surface area (Å²) in [5.41, 5.74) is 0. The SMILES string of the molecule is C=CC(=O)OCCCCCC.OCCCCCCO. The maximum Gasteiger partial charge on any atom is 0.330 e. The second-order valence-electron chi connectivity index (χ2n) is 4.29. The van der Waals surface area contributed by atoms with Crippen molar-refractivity contribution < 1.29 is 19.7 Å². The fourth-order valence-corrected chi connectivity index (χ4v) is 1.34. The van der Waals surface area contributed by atoms with Gasteiger partial charge in [-0.3, -0.25) is 0 Å². The van der Waals surface area contributed by atoms with Gasteiger partial charge >= 0.3 is 5.97 Å². The van der Waals surface area contributed by atoms with Gasteiger partial charge in [-0.25, -0.2) is 4.79 Å². The van der Waals surface area contributed by atoms with E-state index < -0.39 is 0 Å². The summed E-state index contributed by atoms with van der Waals surface area (Å²) in [4.78, 5) is 10.5. The number of carbonyl (C=O) groups excluding carboxylic acids is 1. The number of hydrogen-bond acceptors (Lipinski definition) is 4. The van der Waals surface area contributed by atoms with E-state index in [9.17, 15) is 4.79 Å². The zero-order valence-corrected chi connectivity index (χ0v) is 12.3. The lowest BCUT2D eigenvalue weighted by Gasteiger charge is -1.99. The van der Waals surface area contributed by atoms with Gasteiger partial charge in [0.2, 0.25) is 0 Å². The van der Waals surface area contributed by atoms with Crippen molar-refractivity contribution >= 4 is 5.97 Å². The minimum absolute atomic E-state index is 0.283. The number of hydrogen-bond donors (Lipinski definition) is 2. The first-order chi connectivity index (χ1) is 9.22. The fraction of sp³-hybridized carbons (Fsp3) is 0.800. The van der Waals surface area contributed by atoms with Crippen LogP contribution >= 0.6 is 0 Å². The first-order valence-electron chi connectivity index (χ1n) is 7.23. The Bertz CT molecular complexity index is 187. The van der Waals surface area contributed by atoms with E-state index in [4.69, 9.17) is 14.9 Å². The summed E-state index contributed by atoms with van der Waals surface area (Å²) in [5, 5.41) is 16.6. The molecule has 114 valence electrons. The molecule has 0 aromatic heterocycles. The third-order valence-electron chi connectivity index (χ3n) is 2.48. The monoisotopic (exact) mass is 274 g/mol. The molecule has 0 saturated heterocycles. The number of carbonyl (C=O) groups is 1. The first kappa shape index (κ1) is 20.4. The van der Waals surface area contributed by atoms with Crippen LogP contribution in [0.2, 0.25) is 0 Å². The van der Waals surface area contributed by atoms with Crippen molar-refractivity contribution in [3.8, 4) is 0 Å². The average Bonchev–Trinajstić information content (AvgIpc) is 2.44. The molecule has 0 atom stereocenters.